The maximum atomic E-state index is 14.6. The number of hydrogen-bond acceptors (Lipinski definition) is 13. The molecule has 2 fully saturated rings. The summed E-state index contributed by atoms with van der Waals surface area (Å²) in [6.45, 7) is 14.3. The molecule has 0 saturated carbocycles. The van der Waals surface area contributed by atoms with Crippen molar-refractivity contribution in [1.29, 1.82) is 0 Å². The molecule has 0 N–H and O–H groups in total. The number of ether oxygens (including phenoxy) is 6. The zero-order valence-corrected chi connectivity index (χ0v) is 39.3. The molecule has 3 heterocycles. The molecule has 0 radical (unpaired) electrons. The number of likely N-dealkylation sites (tertiary alicyclic amines) is 2. The van der Waals surface area contributed by atoms with Gasteiger partial charge in [0.1, 0.15) is 45.4 Å². The molecule has 2 aliphatic heterocycles. The third kappa shape index (κ3) is 14.4. The van der Waals surface area contributed by atoms with Crippen LogP contribution in [-0.4, -0.2) is 114 Å². The smallest absolute Gasteiger partial charge is 0.455 e. The maximum absolute atomic E-state index is 14.6. The van der Waals surface area contributed by atoms with E-state index in [2.05, 4.69) is 0 Å². The number of carbonyl (C=O) groups excluding carboxylic acids is 4. The maximum Gasteiger partial charge on any atom is 0.514 e. The predicted octanol–water partition coefficient (Wildman–Crippen LogP) is 10.7. The highest BCUT2D eigenvalue weighted by molar-refractivity contribution is 6.33. The molecule has 1 aromatic heterocycles. The van der Waals surface area contributed by atoms with E-state index < -0.39 is 95.4 Å². The highest BCUT2D eigenvalue weighted by Gasteiger charge is 2.41. The Hall–Kier alpha value is -5.23. The number of hydrogen-bond donors (Lipinski definition) is 0. The van der Waals surface area contributed by atoms with Crippen molar-refractivity contribution >= 4 is 47.1 Å². The summed E-state index contributed by atoms with van der Waals surface area (Å²) in [5.74, 6) is -1.83. The van der Waals surface area contributed by atoms with E-state index in [0.717, 1.165) is 17.0 Å². The van der Waals surface area contributed by atoms with Crippen LogP contribution in [0.5, 0.6) is 11.5 Å². The number of fused-ring (bicyclic) bond motifs is 1. The second-order valence-corrected chi connectivity index (χ2v) is 19.7. The van der Waals surface area contributed by atoms with Crippen molar-refractivity contribution < 1.29 is 65.2 Å². The van der Waals surface area contributed by atoms with Gasteiger partial charge >= 0.3 is 30.7 Å². The molecule has 15 nitrogen and oxygen atoms in total. The molecule has 0 spiro atoms. The summed E-state index contributed by atoms with van der Waals surface area (Å²) in [5, 5.41) is -0.0845. The number of carbonyl (C=O) groups is 4. The Labute approximate surface area is 381 Å². The number of amides is 2. The summed E-state index contributed by atoms with van der Waals surface area (Å²) in [6, 6.07) is 7.98. The van der Waals surface area contributed by atoms with Crippen LogP contribution in [0.3, 0.4) is 0 Å². The van der Waals surface area contributed by atoms with Gasteiger partial charge < -0.3 is 47.5 Å². The van der Waals surface area contributed by atoms with Gasteiger partial charge in [0.05, 0.1) is 17.5 Å². The average Bonchev–Trinajstić information content (AvgIpc) is 3.14. The Morgan fingerprint density at radius 3 is 2.11 bits per heavy atom. The number of alkyl halides is 3. The minimum absolute atomic E-state index is 0.00127. The van der Waals surface area contributed by atoms with E-state index in [1.54, 1.807) is 93.6 Å². The fourth-order valence-corrected chi connectivity index (χ4v) is 7.80. The second kappa shape index (κ2) is 20.1. The van der Waals surface area contributed by atoms with Crippen molar-refractivity contribution in [3.8, 4) is 22.8 Å². The molecule has 65 heavy (non-hydrogen) atoms. The Morgan fingerprint density at radius 2 is 1.48 bits per heavy atom. The monoisotopic (exact) mass is 937 g/mol. The van der Waals surface area contributed by atoms with Crippen LogP contribution < -0.4 is 14.9 Å². The number of likely N-dealkylation sites (N-methyl/N-ethyl adjacent to an activating group) is 1. The molecule has 2 aromatic carbocycles. The first-order chi connectivity index (χ1) is 30.1. The lowest BCUT2D eigenvalue weighted by atomic mass is 9.85. The van der Waals surface area contributed by atoms with E-state index in [1.807, 2.05) is 4.90 Å². The number of benzene rings is 2. The van der Waals surface area contributed by atoms with Crippen LogP contribution in [0.1, 0.15) is 106 Å². The minimum Gasteiger partial charge on any atom is -0.455 e. The molecule has 2 saturated heterocycles. The lowest BCUT2D eigenvalue weighted by Gasteiger charge is -2.39. The predicted molar refractivity (Wildman–Crippen MR) is 235 cm³/mol. The Morgan fingerprint density at radius 1 is 0.831 bits per heavy atom. The Balaban J connectivity index is 1.74. The lowest BCUT2D eigenvalue weighted by Crippen LogP contribution is -2.52. The van der Waals surface area contributed by atoms with Gasteiger partial charge in [0.25, 0.3) is 0 Å². The molecule has 19 heteroatoms. The van der Waals surface area contributed by atoms with Crippen molar-refractivity contribution in [2.24, 2.45) is 0 Å². The van der Waals surface area contributed by atoms with Crippen LogP contribution in [0, 0.1) is 0 Å². The molecular formula is C46H59ClF3N3O12. The number of nitrogens with zero attached hydrogens (tertiary/aromatic N) is 3. The van der Waals surface area contributed by atoms with E-state index in [-0.39, 0.29) is 53.4 Å². The Bertz CT molecular complexity index is 2280. The molecular weight excluding hydrogens is 879 g/mol. The first kappa shape index (κ1) is 50.8. The van der Waals surface area contributed by atoms with Crippen molar-refractivity contribution in [3.05, 3.63) is 57.2 Å². The van der Waals surface area contributed by atoms with Crippen LogP contribution >= 0.6 is 11.6 Å². The molecule has 3 aromatic rings. The number of halogens is 4. The van der Waals surface area contributed by atoms with Gasteiger partial charge in [0, 0.05) is 55.4 Å². The van der Waals surface area contributed by atoms with E-state index >= 15 is 0 Å². The van der Waals surface area contributed by atoms with E-state index in [9.17, 15) is 37.1 Å². The standard InChI is InChI=1S/C46H59ClF3N3O12/c1-43(2,3)63-40(56)53-20-14-13-15-27(53)25-52(22-19-46(48,49)50)39(55)60-33-24-34(61-41(57)64-44(4,5)6)37-31(54)23-32(28-16-11-12-17-30(28)47)59-38(37)36(33)29-18-21-51(10)26-35(29)62-42(58)65-45(7,8)9/h11-12,16-17,23-24,27,29,35H,13-15,18-22,25-26H2,1-10H3/t27?,29-,35+/m0/s1. The summed E-state index contributed by atoms with van der Waals surface area (Å²) in [5.41, 5.74) is -3.57. The van der Waals surface area contributed by atoms with Crippen LogP contribution in [0.15, 0.2) is 45.6 Å². The second-order valence-electron chi connectivity index (χ2n) is 19.3. The SMILES string of the molecule is CN1CC[C@H](c2c(OC(=O)N(CCC(F)(F)F)CC3CCCCN3C(=O)OC(C)(C)C)cc(OC(=O)OC(C)(C)C)c3c(=O)cc(-c4ccccc4Cl)oc23)[C@H](OC(=O)OC(C)(C)C)C1. The first-order valence-electron chi connectivity index (χ1n) is 21.5. The summed E-state index contributed by atoms with van der Waals surface area (Å²) in [6.07, 6.45) is -9.62. The molecule has 0 aliphatic carbocycles. The molecule has 1 unspecified atom stereocenters. The summed E-state index contributed by atoms with van der Waals surface area (Å²) in [7, 11) is 1.79. The van der Waals surface area contributed by atoms with E-state index in [0.29, 0.717) is 31.4 Å². The summed E-state index contributed by atoms with van der Waals surface area (Å²) < 4.78 is 82.6. The molecule has 2 amide bonds. The zero-order chi connectivity index (χ0) is 48.2. The molecule has 0 bridgehead atoms. The third-order valence-corrected chi connectivity index (χ3v) is 10.6. The van der Waals surface area contributed by atoms with E-state index in [4.69, 9.17) is 44.4 Å². The van der Waals surface area contributed by atoms with Gasteiger partial charge in [-0.2, -0.15) is 13.2 Å². The van der Waals surface area contributed by atoms with Crippen molar-refractivity contribution in [2.75, 3.05) is 39.8 Å². The van der Waals surface area contributed by atoms with Crippen LogP contribution in [-0.2, 0) is 18.9 Å². The van der Waals surface area contributed by atoms with Gasteiger partial charge in [0.15, 0.2) is 11.2 Å². The molecule has 3 atom stereocenters. The number of piperidine rings is 2. The highest BCUT2D eigenvalue weighted by atomic mass is 35.5. The molecule has 358 valence electrons. The third-order valence-electron chi connectivity index (χ3n) is 10.3. The quantitative estimate of drug-likeness (QED) is 0.113. The first-order valence-corrected chi connectivity index (χ1v) is 21.9. The van der Waals surface area contributed by atoms with Crippen LogP contribution in [0.2, 0.25) is 5.02 Å². The lowest BCUT2D eigenvalue weighted by molar-refractivity contribution is -0.137. The minimum atomic E-state index is -4.70. The largest absolute Gasteiger partial charge is 0.514 e. The fourth-order valence-electron chi connectivity index (χ4n) is 7.57. The van der Waals surface area contributed by atoms with Crippen molar-refractivity contribution in [2.45, 2.75) is 135 Å². The molecule has 2 aliphatic rings. The van der Waals surface area contributed by atoms with Gasteiger partial charge in [0.2, 0.25) is 0 Å². The zero-order valence-electron chi connectivity index (χ0n) is 38.5. The summed E-state index contributed by atoms with van der Waals surface area (Å²) in [4.78, 5) is 73.1. The van der Waals surface area contributed by atoms with Gasteiger partial charge in [-0.3, -0.25) is 4.79 Å². The van der Waals surface area contributed by atoms with Crippen LogP contribution in [0.25, 0.3) is 22.3 Å². The highest BCUT2D eigenvalue weighted by Crippen LogP contribution is 2.45. The molecule has 5 rings (SSSR count). The fraction of sp³-hybridized carbons (Fsp3) is 0.587. The van der Waals surface area contributed by atoms with Gasteiger partial charge in [-0.05, 0) is 114 Å². The van der Waals surface area contributed by atoms with Gasteiger partial charge in [-0.1, -0.05) is 23.7 Å². The normalized spacial score (nSPS) is 18.7. The number of rotatable bonds is 9. The van der Waals surface area contributed by atoms with Crippen LogP contribution in [0.4, 0.5) is 32.3 Å². The average molecular weight is 938 g/mol. The van der Waals surface area contributed by atoms with E-state index in [1.165, 1.54) is 4.90 Å². The topological polar surface area (TPSA) is 164 Å². The van der Waals surface area contributed by atoms with Gasteiger partial charge in [-0.25, -0.2) is 19.2 Å². The van der Waals surface area contributed by atoms with Gasteiger partial charge in [-0.15, -0.1) is 0 Å². The Kier molecular flexibility index (Phi) is 15.7. The summed E-state index contributed by atoms with van der Waals surface area (Å²) >= 11 is 6.59. The van der Waals surface area contributed by atoms with Crippen molar-refractivity contribution in [1.82, 2.24) is 14.7 Å². The van der Waals surface area contributed by atoms with Crippen molar-refractivity contribution in [3.63, 3.8) is 0 Å².